The molecule has 1 saturated heterocycles. The average Bonchev–Trinajstić information content (AvgIpc) is 2.95. The molecule has 26 heavy (non-hydrogen) atoms. The van der Waals surface area contributed by atoms with Gasteiger partial charge in [-0.25, -0.2) is 0 Å². The van der Waals surface area contributed by atoms with Gasteiger partial charge in [-0.1, -0.05) is 69.4 Å². The molecular formula is C20H29F3NO2+. The van der Waals surface area contributed by atoms with E-state index in [0.717, 1.165) is 19.3 Å². The number of rotatable bonds is 10. The van der Waals surface area contributed by atoms with E-state index >= 15 is 0 Å². The summed E-state index contributed by atoms with van der Waals surface area (Å²) in [6, 6.07) is 6.59. The standard InChI is InChI=1S/C20H29F3NO2/c1-2-3-4-5-6-10-15-26-18-14-13-17(24(18)25)19(20(21,22)23)16-11-8-7-9-12-16/h7-9,11-12,17-19H,2-6,10,13-15H2,1H3/q+1. The summed E-state index contributed by atoms with van der Waals surface area (Å²) in [4.78, 5) is 12.5. The van der Waals surface area contributed by atoms with Gasteiger partial charge < -0.3 is 4.74 Å². The molecule has 3 unspecified atom stereocenters. The second-order valence-corrected chi connectivity index (χ2v) is 7.03. The smallest absolute Gasteiger partial charge is 0.318 e. The Morgan fingerprint density at radius 1 is 1.08 bits per heavy atom. The minimum atomic E-state index is -4.46. The lowest BCUT2D eigenvalue weighted by Gasteiger charge is -2.21. The summed E-state index contributed by atoms with van der Waals surface area (Å²) in [7, 11) is 0. The van der Waals surface area contributed by atoms with Gasteiger partial charge in [0, 0.05) is 22.5 Å². The molecule has 0 saturated carbocycles. The highest BCUT2D eigenvalue weighted by Crippen LogP contribution is 2.42. The van der Waals surface area contributed by atoms with Gasteiger partial charge in [0.2, 0.25) is 6.04 Å². The molecule has 1 aromatic carbocycles. The number of alkyl halides is 3. The predicted octanol–water partition coefficient (Wildman–Crippen LogP) is 5.98. The van der Waals surface area contributed by atoms with Gasteiger partial charge in [-0.05, 0) is 12.0 Å². The highest BCUT2D eigenvalue weighted by atomic mass is 19.4. The van der Waals surface area contributed by atoms with Crippen molar-refractivity contribution in [3.63, 3.8) is 0 Å². The first-order valence-corrected chi connectivity index (χ1v) is 9.64. The SMILES string of the molecule is CCCCCCCCOC1CCC(C(c2ccccc2)C(F)(F)F)[N+]1=O. The molecule has 1 heterocycles. The van der Waals surface area contributed by atoms with Gasteiger partial charge >= 0.3 is 12.4 Å². The molecule has 0 spiro atoms. The van der Waals surface area contributed by atoms with Gasteiger partial charge in [0.05, 0.1) is 6.61 Å². The number of hydrogen-bond donors (Lipinski definition) is 0. The fourth-order valence-corrected chi connectivity index (χ4v) is 3.64. The maximum Gasteiger partial charge on any atom is 0.402 e. The zero-order valence-corrected chi connectivity index (χ0v) is 15.4. The van der Waals surface area contributed by atoms with E-state index in [-0.39, 0.29) is 12.0 Å². The Morgan fingerprint density at radius 2 is 1.73 bits per heavy atom. The van der Waals surface area contributed by atoms with E-state index in [0.29, 0.717) is 17.8 Å². The number of unbranched alkanes of at least 4 members (excludes halogenated alkanes) is 5. The quantitative estimate of drug-likeness (QED) is 0.374. The summed E-state index contributed by atoms with van der Waals surface area (Å²) in [6.07, 6.45) is 1.95. The lowest BCUT2D eigenvalue weighted by atomic mass is 9.90. The number of benzene rings is 1. The molecule has 1 aliphatic rings. The molecule has 146 valence electrons. The van der Waals surface area contributed by atoms with Crippen LogP contribution in [-0.4, -0.2) is 29.8 Å². The van der Waals surface area contributed by atoms with Crippen LogP contribution in [0.15, 0.2) is 30.3 Å². The van der Waals surface area contributed by atoms with E-state index in [2.05, 4.69) is 6.92 Å². The van der Waals surface area contributed by atoms with E-state index in [1.165, 1.54) is 31.4 Å². The van der Waals surface area contributed by atoms with Crippen LogP contribution in [0.5, 0.6) is 0 Å². The third-order valence-corrected chi connectivity index (χ3v) is 5.02. The first-order valence-electron chi connectivity index (χ1n) is 9.64. The summed E-state index contributed by atoms with van der Waals surface area (Å²) < 4.78 is 47.0. The Kier molecular flexibility index (Phi) is 8.07. The van der Waals surface area contributed by atoms with Gasteiger partial charge in [0.15, 0.2) is 0 Å². The first-order chi connectivity index (χ1) is 12.4. The molecule has 0 bridgehead atoms. The third kappa shape index (κ3) is 5.79. The Morgan fingerprint density at radius 3 is 2.38 bits per heavy atom. The largest absolute Gasteiger partial charge is 0.402 e. The maximum atomic E-state index is 13.6. The minimum Gasteiger partial charge on any atom is -0.318 e. The summed E-state index contributed by atoms with van der Waals surface area (Å²) >= 11 is 0. The van der Waals surface area contributed by atoms with Crippen molar-refractivity contribution in [1.29, 1.82) is 0 Å². The van der Waals surface area contributed by atoms with E-state index in [4.69, 9.17) is 4.74 Å². The van der Waals surface area contributed by atoms with Crippen molar-refractivity contribution in [2.24, 2.45) is 0 Å². The molecule has 6 heteroatoms. The fraction of sp³-hybridized carbons (Fsp3) is 0.700. The predicted molar refractivity (Wildman–Crippen MR) is 95.0 cm³/mol. The van der Waals surface area contributed by atoms with Crippen molar-refractivity contribution in [3.05, 3.63) is 40.8 Å². The van der Waals surface area contributed by atoms with Gasteiger partial charge in [-0.15, -0.1) is 0 Å². The Hall–Kier alpha value is -1.43. The molecule has 2 rings (SSSR count). The summed E-state index contributed by atoms with van der Waals surface area (Å²) in [5.41, 5.74) is 0.141. The van der Waals surface area contributed by atoms with Crippen LogP contribution in [0.25, 0.3) is 0 Å². The van der Waals surface area contributed by atoms with Crippen LogP contribution in [0.4, 0.5) is 13.2 Å². The van der Waals surface area contributed by atoms with Gasteiger partial charge in [0.25, 0.3) is 0 Å². The highest BCUT2D eigenvalue weighted by Gasteiger charge is 2.57. The molecule has 1 fully saturated rings. The third-order valence-electron chi connectivity index (χ3n) is 5.02. The molecule has 3 nitrogen and oxygen atoms in total. The molecule has 3 atom stereocenters. The number of hydrogen-bond acceptors (Lipinski definition) is 2. The lowest BCUT2D eigenvalue weighted by molar-refractivity contribution is -0.645. The van der Waals surface area contributed by atoms with Crippen molar-refractivity contribution >= 4 is 0 Å². The Labute approximate surface area is 153 Å². The molecule has 0 aliphatic carbocycles. The average molecular weight is 372 g/mol. The van der Waals surface area contributed by atoms with Crippen LogP contribution in [-0.2, 0) is 4.74 Å². The van der Waals surface area contributed by atoms with Gasteiger partial charge in [-0.3, -0.25) is 0 Å². The van der Waals surface area contributed by atoms with E-state index in [9.17, 15) is 18.1 Å². The van der Waals surface area contributed by atoms with Crippen molar-refractivity contribution in [2.75, 3.05) is 6.61 Å². The maximum absolute atomic E-state index is 13.6. The first kappa shape index (κ1) is 20.9. The molecule has 0 aromatic heterocycles. The normalized spacial score (nSPS) is 21.9. The molecule has 1 aromatic rings. The van der Waals surface area contributed by atoms with Gasteiger partial charge in [0.1, 0.15) is 5.92 Å². The molecule has 0 N–H and O–H groups in total. The van der Waals surface area contributed by atoms with Crippen LogP contribution >= 0.6 is 0 Å². The molecular weight excluding hydrogens is 343 g/mol. The molecule has 0 radical (unpaired) electrons. The summed E-state index contributed by atoms with van der Waals surface area (Å²) in [5.74, 6) is -1.77. The lowest BCUT2D eigenvalue weighted by Crippen LogP contribution is -2.38. The Bertz CT molecular complexity index is 548. The number of halogens is 3. The summed E-state index contributed by atoms with van der Waals surface area (Å²) in [5, 5.41) is 0. The highest BCUT2D eigenvalue weighted by molar-refractivity contribution is 5.22. The van der Waals surface area contributed by atoms with Crippen molar-refractivity contribution < 1.29 is 22.7 Å². The fourth-order valence-electron chi connectivity index (χ4n) is 3.64. The number of nitrogens with zero attached hydrogens (tertiary/aromatic N) is 1. The van der Waals surface area contributed by atoms with Crippen LogP contribution in [0.2, 0.25) is 0 Å². The second kappa shape index (κ2) is 10.0. The summed E-state index contributed by atoms with van der Waals surface area (Å²) in [6.45, 7) is 2.59. The monoisotopic (exact) mass is 372 g/mol. The van der Waals surface area contributed by atoms with Crippen LogP contribution < -0.4 is 0 Å². The van der Waals surface area contributed by atoms with Crippen LogP contribution in [0.3, 0.4) is 0 Å². The van der Waals surface area contributed by atoms with Crippen molar-refractivity contribution in [2.45, 2.75) is 82.7 Å². The van der Waals surface area contributed by atoms with E-state index < -0.39 is 24.4 Å². The number of nitroso groups, excluding NO2 is 1. The number of ether oxygens (including phenoxy) is 1. The minimum absolute atomic E-state index is 0.141. The van der Waals surface area contributed by atoms with E-state index in [1.807, 2.05) is 0 Å². The topological polar surface area (TPSA) is 29.3 Å². The zero-order valence-electron chi connectivity index (χ0n) is 15.4. The zero-order chi connectivity index (χ0) is 19.0. The van der Waals surface area contributed by atoms with Crippen LogP contribution in [0, 0.1) is 4.91 Å². The second-order valence-electron chi connectivity index (χ2n) is 7.03. The van der Waals surface area contributed by atoms with Crippen molar-refractivity contribution in [3.8, 4) is 0 Å². The molecule has 1 aliphatic heterocycles. The Balaban J connectivity index is 1.88. The van der Waals surface area contributed by atoms with Crippen molar-refractivity contribution in [1.82, 2.24) is 0 Å². The van der Waals surface area contributed by atoms with Gasteiger partial charge in [-0.2, -0.15) is 13.2 Å². The molecule has 0 amide bonds. The van der Waals surface area contributed by atoms with E-state index in [1.54, 1.807) is 18.2 Å². The van der Waals surface area contributed by atoms with Crippen LogP contribution in [0.1, 0.15) is 69.8 Å².